The Bertz CT molecular complexity index is 335. The minimum absolute atomic E-state index is 0.174. The second-order valence-electron chi connectivity index (χ2n) is 3.10. The van der Waals surface area contributed by atoms with Crippen LogP contribution in [0.1, 0.15) is 17.9 Å². The quantitative estimate of drug-likeness (QED) is 0.610. The van der Waals surface area contributed by atoms with E-state index in [1.807, 2.05) is 30.3 Å². The minimum Gasteiger partial charge on any atom is -0.207 e. The van der Waals surface area contributed by atoms with Gasteiger partial charge in [-0.3, -0.25) is 0 Å². The Kier molecular flexibility index (Phi) is 2.26. The first-order chi connectivity index (χ1) is 6.36. The van der Waals surface area contributed by atoms with Gasteiger partial charge in [0.2, 0.25) is 0 Å². The Balaban J connectivity index is 2.18. The van der Waals surface area contributed by atoms with Gasteiger partial charge >= 0.3 is 0 Å². The molecule has 1 atom stereocenters. The molecule has 0 saturated carbocycles. The van der Waals surface area contributed by atoms with E-state index in [1.54, 1.807) is 6.08 Å². The van der Waals surface area contributed by atoms with Gasteiger partial charge in [0, 0.05) is 5.92 Å². The summed E-state index contributed by atoms with van der Waals surface area (Å²) >= 11 is 0. The smallest absolute Gasteiger partial charge is 0.119 e. The van der Waals surface area contributed by atoms with Crippen molar-refractivity contribution in [2.24, 2.45) is 0 Å². The van der Waals surface area contributed by atoms with E-state index in [0.717, 1.165) is 0 Å². The van der Waals surface area contributed by atoms with Gasteiger partial charge < -0.3 is 0 Å². The van der Waals surface area contributed by atoms with Crippen molar-refractivity contribution in [3.8, 4) is 0 Å². The van der Waals surface area contributed by atoms with Crippen LogP contribution in [0.5, 0.6) is 0 Å². The fraction of sp³-hybridized carbons (Fsp3) is 0.167. The first-order valence-electron chi connectivity index (χ1n) is 4.36. The first-order valence-corrected chi connectivity index (χ1v) is 4.36. The molecule has 1 aromatic carbocycles. The molecule has 0 nitrogen and oxygen atoms in total. The van der Waals surface area contributed by atoms with Crippen molar-refractivity contribution in [3.63, 3.8) is 0 Å². The molecule has 1 heteroatoms. The zero-order valence-corrected chi connectivity index (χ0v) is 7.20. The summed E-state index contributed by atoms with van der Waals surface area (Å²) < 4.78 is 12.6. The molecule has 13 heavy (non-hydrogen) atoms. The normalized spacial score (nSPS) is 21.3. The third kappa shape index (κ3) is 1.86. The van der Waals surface area contributed by atoms with Crippen molar-refractivity contribution < 1.29 is 4.39 Å². The summed E-state index contributed by atoms with van der Waals surface area (Å²) in [5, 5.41) is 0. The molecule has 1 radical (unpaired) electrons. The lowest BCUT2D eigenvalue weighted by Gasteiger charge is -2.12. The third-order valence-electron chi connectivity index (χ3n) is 2.17. The number of benzene rings is 1. The molecular formula is C12H10F. The van der Waals surface area contributed by atoms with E-state index in [-0.39, 0.29) is 11.7 Å². The molecule has 0 aromatic heterocycles. The minimum atomic E-state index is -0.174. The van der Waals surface area contributed by atoms with Crippen molar-refractivity contribution >= 4 is 0 Å². The summed E-state index contributed by atoms with van der Waals surface area (Å²) in [5.74, 6) is 0.0490. The van der Waals surface area contributed by atoms with E-state index >= 15 is 0 Å². The molecule has 0 saturated heterocycles. The van der Waals surface area contributed by atoms with Gasteiger partial charge in [0.15, 0.2) is 0 Å². The standard InChI is InChI=1S/C12H10F/c13-12-8-6-11(7-9-12)10-4-2-1-3-5-10/h1-5,8-9,11H,6H2. The predicted octanol–water partition coefficient (Wildman–Crippen LogP) is 3.39. The van der Waals surface area contributed by atoms with Gasteiger partial charge in [-0.1, -0.05) is 30.3 Å². The number of hydrogen-bond acceptors (Lipinski definition) is 0. The highest BCUT2D eigenvalue weighted by Gasteiger charge is 2.10. The SMILES string of the molecule is FC1=CCC(c2ccccc2)[C]=C1. The summed E-state index contributed by atoms with van der Waals surface area (Å²) in [6, 6.07) is 10.1. The predicted molar refractivity (Wildman–Crippen MR) is 50.8 cm³/mol. The fourth-order valence-corrected chi connectivity index (χ4v) is 1.46. The number of rotatable bonds is 1. The Hall–Kier alpha value is -1.37. The van der Waals surface area contributed by atoms with E-state index in [0.29, 0.717) is 6.42 Å². The molecule has 1 unspecified atom stereocenters. The van der Waals surface area contributed by atoms with Crippen molar-refractivity contribution in [2.75, 3.05) is 0 Å². The van der Waals surface area contributed by atoms with E-state index < -0.39 is 0 Å². The summed E-state index contributed by atoms with van der Waals surface area (Å²) in [5.41, 5.74) is 1.20. The van der Waals surface area contributed by atoms with Crippen LogP contribution in [0.15, 0.2) is 48.3 Å². The van der Waals surface area contributed by atoms with E-state index in [4.69, 9.17) is 0 Å². The van der Waals surface area contributed by atoms with Crippen LogP contribution < -0.4 is 0 Å². The van der Waals surface area contributed by atoms with Crippen LogP contribution in [-0.4, -0.2) is 0 Å². The summed E-state index contributed by atoms with van der Waals surface area (Å²) in [4.78, 5) is 0. The Morgan fingerprint density at radius 2 is 2.00 bits per heavy atom. The molecule has 0 amide bonds. The third-order valence-corrected chi connectivity index (χ3v) is 2.17. The molecule has 0 fully saturated rings. The van der Waals surface area contributed by atoms with E-state index in [9.17, 15) is 4.39 Å². The van der Waals surface area contributed by atoms with Crippen molar-refractivity contribution in [1.29, 1.82) is 0 Å². The largest absolute Gasteiger partial charge is 0.207 e. The van der Waals surface area contributed by atoms with Gasteiger partial charge in [0.1, 0.15) is 5.83 Å². The highest BCUT2D eigenvalue weighted by Crippen LogP contribution is 2.25. The average Bonchev–Trinajstić information content (AvgIpc) is 2.20. The van der Waals surface area contributed by atoms with Crippen LogP contribution in [0.4, 0.5) is 4.39 Å². The van der Waals surface area contributed by atoms with Crippen LogP contribution in [-0.2, 0) is 0 Å². The van der Waals surface area contributed by atoms with E-state index in [1.165, 1.54) is 11.6 Å². The molecule has 0 spiro atoms. The summed E-state index contributed by atoms with van der Waals surface area (Å²) in [6.07, 6.45) is 6.75. The van der Waals surface area contributed by atoms with Crippen LogP contribution >= 0.6 is 0 Å². The molecular weight excluding hydrogens is 163 g/mol. The summed E-state index contributed by atoms with van der Waals surface area (Å²) in [7, 11) is 0. The van der Waals surface area contributed by atoms with Gasteiger partial charge in [-0.2, -0.15) is 0 Å². The number of hydrogen-bond donors (Lipinski definition) is 0. The first kappa shape index (κ1) is 8.24. The number of allylic oxidation sites excluding steroid dienone is 4. The maximum Gasteiger partial charge on any atom is 0.119 e. The maximum absolute atomic E-state index is 12.6. The maximum atomic E-state index is 12.6. The average molecular weight is 173 g/mol. The molecule has 1 aliphatic carbocycles. The molecule has 0 bridgehead atoms. The van der Waals surface area contributed by atoms with Gasteiger partial charge in [0.25, 0.3) is 0 Å². The fourth-order valence-electron chi connectivity index (χ4n) is 1.46. The van der Waals surface area contributed by atoms with Crippen LogP contribution in [0.2, 0.25) is 0 Å². The van der Waals surface area contributed by atoms with Gasteiger partial charge in [-0.25, -0.2) is 4.39 Å². The van der Waals surface area contributed by atoms with Gasteiger partial charge in [0.05, 0.1) is 0 Å². The Morgan fingerprint density at radius 3 is 2.62 bits per heavy atom. The highest BCUT2D eigenvalue weighted by molar-refractivity contribution is 5.27. The lowest BCUT2D eigenvalue weighted by atomic mass is 9.92. The monoisotopic (exact) mass is 173 g/mol. The van der Waals surface area contributed by atoms with Crippen molar-refractivity contribution in [1.82, 2.24) is 0 Å². The molecule has 0 aliphatic heterocycles. The van der Waals surface area contributed by atoms with E-state index in [2.05, 4.69) is 6.08 Å². The zero-order valence-electron chi connectivity index (χ0n) is 7.20. The van der Waals surface area contributed by atoms with Gasteiger partial charge in [-0.05, 0) is 30.2 Å². The second kappa shape index (κ2) is 3.56. The van der Waals surface area contributed by atoms with Gasteiger partial charge in [-0.15, -0.1) is 0 Å². The number of halogens is 1. The highest BCUT2D eigenvalue weighted by atomic mass is 19.1. The van der Waals surface area contributed by atoms with Crippen LogP contribution in [0.25, 0.3) is 0 Å². The van der Waals surface area contributed by atoms with Crippen molar-refractivity contribution in [2.45, 2.75) is 12.3 Å². The molecule has 2 rings (SSSR count). The second-order valence-corrected chi connectivity index (χ2v) is 3.10. The molecule has 1 aromatic rings. The molecule has 65 valence electrons. The molecule has 1 aliphatic rings. The van der Waals surface area contributed by atoms with Crippen LogP contribution in [0.3, 0.4) is 0 Å². The molecule has 0 N–H and O–H groups in total. The zero-order chi connectivity index (χ0) is 9.10. The lowest BCUT2D eigenvalue weighted by Crippen LogP contribution is -1.97. The van der Waals surface area contributed by atoms with Crippen molar-refractivity contribution in [3.05, 3.63) is 60.0 Å². The van der Waals surface area contributed by atoms with Crippen LogP contribution in [0, 0.1) is 6.08 Å². The topological polar surface area (TPSA) is 0 Å². The Labute approximate surface area is 77.4 Å². The Morgan fingerprint density at radius 1 is 1.23 bits per heavy atom. The lowest BCUT2D eigenvalue weighted by molar-refractivity contribution is 0.639. The molecule has 0 heterocycles. The summed E-state index contributed by atoms with van der Waals surface area (Å²) in [6.45, 7) is 0.